The minimum Gasteiger partial charge on any atom is -0.480 e. The summed E-state index contributed by atoms with van der Waals surface area (Å²) in [7, 11) is 0. The highest BCUT2D eigenvalue weighted by atomic mass is 16.4. The van der Waals surface area contributed by atoms with E-state index in [1.54, 1.807) is 0 Å². The molecule has 35 heavy (non-hydrogen) atoms. The highest BCUT2D eigenvalue weighted by molar-refractivity contribution is 5.74. The second-order valence-electron chi connectivity index (χ2n) is 11.0. The first-order valence-electron chi connectivity index (χ1n) is 12.6. The van der Waals surface area contributed by atoms with Crippen LogP contribution in [0, 0.1) is 12.3 Å². The molecule has 0 radical (unpaired) electrons. The molecule has 0 aliphatic carbocycles. The number of rotatable bonds is 6. The third-order valence-electron chi connectivity index (χ3n) is 7.19. The summed E-state index contributed by atoms with van der Waals surface area (Å²) in [4.78, 5) is 16.9. The van der Waals surface area contributed by atoms with Crippen LogP contribution in [0.1, 0.15) is 50.4 Å². The third-order valence-corrected chi connectivity index (χ3v) is 7.19. The molecule has 3 atom stereocenters. The second kappa shape index (κ2) is 10.3. The van der Waals surface area contributed by atoms with Gasteiger partial charge >= 0.3 is 5.97 Å². The lowest BCUT2D eigenvalue weighted by Crippen LogP contribution is -2.61. The Bertz CT molecular complexity index is 1120. The number of aryl methyl sites for hydroxylation is 1. The van der Waals surface area contributed by atoms with E-state index in [1.807, 2.05) is 20.8 Å². The lowest BCUT2D eigenvalue weighted by molar-refractivity contribution is -0.150. The van der Waals surface area contributed by atoms with Crippen LogP contribution in [0.25, 0.3) is 11.1 Å². The molecule has 4 nitrogen and oxygen atoms in total. The Morgan fingerprint density at radius 2 is 1.40 bits per heavy atom. The summed E-state index contributed by atoms with van der Waals surface area (Å²) in [6.45, 7) is 12.7. The molecule has 4 heteroatoms. The van der Waals surface area contributed by atoms with E-state index in [-0.39, 0.29) is 17.5 Å². The van der Waals surface area contributed by atoms with Gasteiger partial charge in [0.15, 0.2) is 0 Å². The van der Waals surface area contributed by atoms with Crippen molar-refractivity contribution in [2.75, 3.05) is 19.6 Å². The van der Waals surface area contributed by atoms with Crippen LogP contribution in [-0.2, 0) is 4.79 Å². The molecule has 3 aromatic carbocycles. The Morgan fingerprint density at radius 1 is 0.857 bits per heavy atom. The number of carboxylic acids is 1. The molecular weight excluding hydrogens is 432 g/mol. The fourth-order valence-electron chi connectivity index (χ4n) is 5.48. The standard InChI is InChI=1S/C31H38N2O2/c1-22-11-13-24(14-12-22)25-15-17-27(18-16-25)28(26-9-7-6-8-10-26)32-19-20-33(23(2)21-32)29(30(34)35)31(3,4)5/h6-18,23,28-29H,19-21H2,1-5H3,(H,34,35)/t23?,28-,29?/m1/s1. The highest BCUT2D eigenvalue weighted by Crippen LogP contribution is 2.34. The van der Waals surface area contributed by atoms with Gasteiger partial charge in [0.1, 0.15) is 6.04 Å². The number of aliphatic carboxylic acids is 1. The molecule has 1 fully saturated rings. The molecule has 0 spiro atoms. The number of hydrogen-bond acceptors (Lipinski definition) is 3. The van der Waals surface area contributed by atoms with Gasteiger partial charge < -0.3 is 5.11 Å². The van der Waals surface area contributed by atoms with Crippen LogP contribution >= 0.6 is 0 Å². The Labute approximate surface area is 210 Å². The first kappa shape index (κ1) is 25.2. The van der Waals surface area contributed by atoms with E-state index in [4.69, 9.17) is 0 Å². The van der Waals surface area contributed by atoms with Crippen LogP contribution in [0.5, 0.6) is 0 Å². The minimum atomic E-state index is -0.732. The average Bonchev–Trinajstić information content (AvgIpc) is 2.81. The molecule has 184 valence electrons. The molecule has 0 bridgehead atoms. The number of hydrogen-bond donors (Lipinski definition) is 1. The van der Waals surface area contributed by atoms with E-state index in [9.17, 15) is 9.90 Å². The van der Waals surface area contributed by atoms with E-state index >= 15 is 0 Å². The molecule has 4 rings (SSSR count). The highest BCUT2D eigenvalue weighted by Gasteiger charge is 2.41. The van der Waals surface area contributed by atoms with Crippen LogP contribution in [0.15, 0.2) is 78.9 Å². The summed E-state index contributed by atoms with van der Waals surface area (Å²) < 4.78 is 0. The second-order valence-corrected chi connectivity index (χ2v) is 11.0. The van der Waals surface area contributed by atoms with Crippen molar-refractivity contribution in [3.63, 3.8) is 0 Å². The van der Waals surface area contributed by atoms with Crippen molar-refractivity contribution in [2.24, 2.45) is 5.41 Å². The van der Waals surface area contributed by atoms with Crippen molar-refractivity contribution in [3.8, 4) is 11.1 Å². The lowest BCUT2D eigenvalue weighted by Gasteiger charge is -2.48. The molecule has 0 amide bonds. The Morgan fingerprint density at radius 3 is 1.91 bits per heavy atom. The summed E-state index contributed by atoms with van der Waals surface area (Å²) in [5.74, 6) is -0.732. The number of nitrogens with zero attached hydrogens (tertiary/aromatic N) is 2. The quantitative estimate of drug-likeness (QED) is 0.462. The minimum absolute atomic E-state index is 0.130. The van der Waals surface area contributed by atoms with Gasteiger partial charge in [-0.3, -0.25) is 14.6 Å². The zero-order valence-electron chi connectivity index (χ0n) is 21.6. The van der Waals surface area contributed by atoms with E-state index in [1.165, 1.54) is 27.8 Å². The summed E-state index contributed by atoms with van der Waals surface area (Å²) in [6.07, 6.45) is 0. The lowest BCUT2D eigenvalue weighted by atomic mass is 9.84. The number of benzene rings is 3. The molecule has 3 aromatic rings. The number of piperazine rings is 1. The summed E-state index contributed by atoms with van der Waals surface area (Å²) in [5, 5.41) is 9.99. The molecular formula is C31H38N2O2. The first-order valence-corrected chi connectivity index (χ1v) is 12.6. The van der Waals surface area contributed by atoms with Gasteiger partial charge in [-0.15, -0.1) is 0 Å². The molecule has 1 aliphatic heterocycles. The molecule has 1 heterocycles. The first-order chi connectivity index (χ1) is 16.6. The largest absolute Gasteiger partial charge is 0.480 e. The maximum Gasteiger partial charge on any atom is 0.321 e. The predicted octanol–water partition coefficient (Wildman–Crippen LogP) is 6.26. The molecule has 0 aromatic heterocycles. The van der Waals surface area contributed by atoms with Crippen molar-refractivity contribution < 1.29 is 9.90 Å². The van der Waals surface area contributed by atoms with E-state index in [2.05, 4.69) is 103 Å². The van der Waals surface area contributed by atoms with Crippen LogP contribution < -0.4 is 0 Å². The van der Waals surface area contributed by atoms with Crippen LogP contribution in [-0.4, -0.2) is 52.6 Å². The topological polar surface area (TPSA) is 43.8 Å². The van der Waals surface area contributed by atoms with Gasteiger partial charge in [0.25, 0.3) is 0 Å². The summed E-state index contributed by atoms with van der Waals surface area (Å²) >= 11 is 0. The van der Waals surface area contributed by atoms with Gasteiger partial charge in [0, 0.05) is 25.7 Å². The number of carbonyl (C=O) groups is 1. The zero-order valence-corrected chi connectivity index (χ0v) is 21.6. The summed E-state index contributed by atoms with van der Waals surface area (Å²) in [6, 6.07) is 28.0. The Kier molecular flexibility index (Phi) is 7.44. The molecule has 1 N–H and O–H groups in total. The summed E-state index contributed by atoms with van der Waals surface area (Å²) in [5.41, 5.74) is 5.91. The van der Waals surface area contributed by atoms with Gasteiger partial charge in [-0.2, -0.15) is 0 Å². The van der Waals surface area contributed by atoms with Gasteiger partial charge in [-0.05, 0) is 41.5 Å². The van der Waals surface area contributed by atoms with Crippen molar-refractivity contribution in [3.05, 3.63) is 95.6 Å². The molecule has 1 aliphatic rings. The van der Waals surface area contributed by atoms with Crippen molar-refractivity contribution in [2.45, 2.75) is 52.7 Å². The molecule has 2 unspecified atom stereocenters. The maximum absolute atomic E-state index is 12.2. The third kappa shape index (κ3) is 5.66. The maximum atomic E-state index is 12.2. The Balaban J connectivity index is 1.61. The normalized spacial score (nSPS) is 19.3. The van der Waals surface area contributed by atoms with Gasteiger partial charge in [0.05, 0.1) is 6.04 Å². The monoisotopic (exact) mass is 470 g/mol. The van der Waals surface area contributed by atoms with Crippen LogP contribution in [0.4, 0.5) is 0 Å². The SMILES string of the molecule is Cc1ccc(-c2ccc([C@@H](c3ccccc3)N3CCN(C(C(=O)O)C(C)(C)C)C(C)C3)cc2)cc1. The van der Waals surface area contributed by atoms with Crippen molar-refractivity contribution in [1.82, 2.24) is 9.80 Å². The van der Waals surface area contributed by atoms with Crippen LogP contribution in [0.2, 0.25) is 0 Å². The van der Waals surface area contributed by atoms with Gasteiger partial charge in [-0.25, -0.2) is 0 Å². The van der Waals surface area contributed by atoms with E-state index in [0.29, 0.717) is 0 Å². The van der Waals surface area contributed by atoms with Crippen LogP contribution in [0.3, 0.4) is 0 Å². The average molecular weight is 471 g/mol. The predicted molar refractivity (Wildman–Crippen MR) is 144 cm³/mol. The fourth-order valence-corrected chi connectivity index (χ4v) is 5.48. The smallest absolute Gasteiger partial charge is 0.321 e. The van der Waals surface area contributed by atoms with E-state index < -0.39 is 12.0 Å². The molecule has 0 saturated carbocycles. The van der Waals surface area contributed by atoms with Gasteiger partial charge in [0.2, 0.25) is 0 Å². The van der Waals surface area contributed by atoms with E-state index in [0.717, 1.165) is 19.6 Å². The van der Waals surface area contributed by atoms with Gasteiger partial charge in [-0.1, -0.05) is 105 Å². The zero-order chi connectivity index (χ0) is 25.2. The molecule has 1 saturated heterocycles. The number of carboxylic acid groups (broad SMARTS) is 1. The van der Waals surface area contributed by atoms with Crippen molar-refractivity contribution >= 4 is 5.97 Å². The Hall–Kier alpha value is -2.95. The van der Waals surface area contributed by atoms with Crippen molar-refractivity contribution in [1.29, 1.82) is 0 Å². The fraction of sp³-hybridized carbons (Fsp3) is 0.387.